The minimum absolute atomic E-state index is 0.0919. The van der Waals surface area contributed by atoms with Crippen LogP contribution < -0.4 is 9.64 Å². The molecule has 1 aliphatic rings. The molecule has 3 rings (SSSR count). The average Bonchev–Trinajstić information content (AvgIpc) is 2.89. The van der Waals surface area contributed by atoms with Crippen LogP contribution in [0.3, 0.4) is 0 Å². The van der Waals surface area contributed by atoms with Gasteiger partial charge in [0.25, 0.3) is 5.91 Å². The van der Waals surface area contributed by atoms with Gasteiger partial charge in [0, 0.05) is 17.7 Å². The third-order valence-corrected chi connectivity index (χ3v) is 5.13. The van der Waals surface area contributed by atoms with Crippen LogP contribution in [0.4, 0.5) is 5.69 Å². The molecular formula is C25H31NO2. The van der Waals surface area contributed by atoms with Gasteiger partial charge in [-0.1, -0.05) is 45.9 Å². The number of anilines is 1. The molecule has 2 aromatic rings. The number of hydrogen-bond donors (Lipinski definition) is 0. The third kappa shape index (κ3) is 3.84. The largest absolute Gasteiger partial charge is 0.494 e. The summed E-state index contributed by atoms with van der Waals surface area (Å²) >= 11 is 0. The summed E-state index contributed by atoms with van der Waals surface area (Å²) in [6, 6.07) is 12.4. The minimum atomic E-state index is 0.0919. The van der Waals surface area contributed by atoms with Gasteiger partial charge in [0.05, 0.1) is 12.3 Å². The highest BCUT2D eigenvalue weighted by atomic mass is 16.5. The maximum atomic E-state index is 13.2. The molecule has 0 unspecified atom stereocenters. The van der Waals surface area contributed by atoms with Crippen molar-refractivity contribution in [3.8, 4) is 5.75 Å². The van der Waals surface area contributed by atoms with Crippen molar-refractivity contribution in [1.82, 2.24) is 0 Å². The fourth-order valence-electron chi connectivity index (χ4n) is 3.75. The summed E-state index contributed by atoms with van der Waals surface area (Å²) in [7, 11) is 0. The first-order valence-electron chi connectivity index (χ1n) is 10.2. The zero-order chi connectivity index (χ0) is 20.4. The van der Waals surface area contributed by atoms with Gasteiger partial charge in [-0.3, -0.25) is 4.79 Å². The van der Waals surface area contributed by atoms with Crippen LogP contribution >= 0.6 is 0 Å². The number of hydrogen-bond acceptors (Lipinski definition) is 2. The molecule has 0 bridgehead atoms. The van der Waals surface area contributed by atoms with E-state index in [-0.39, 0.29) is 5.91 Å². The predicted octanol–water partition coefficient (Wildman–Crippen LogP) is 6.06. The highest BCUT2D eigenvalue weighted by Crippen LogP contribution is 2.39. The summed E-state index contributed by atoms with van der Waals surface area (Å²) in [6.07, 6.45) is 2.05. The molecule has 0 saturated heterocycles. The molecule has 0 radical (unpaired) electrons. The van der Waals surface area contributed by atoms with Crippen molar-refractivity contribution in [2.75, 3.05) is 18.1 Å². The van der Waals surface area contributed by atoms with Gasteiger partial charge in [-0.15, -0.1) is 0 Å². The molecule has 3 nitrogen and oxygen atoms in total. The lowest BCUT2D eigenvalue weighted by Crippen LogP contribution is -2.30. The molecule has 28 heavy (non-hydrogen) atoms. The first kappa shape index (κ1) is 20.2. The summed E-state index contributed by atoms with van der Waals surface area (Å²) in [5, 5.41) is 0. The average molecular weight is 378 g/mol. The Hall–Kier alpha value is -2.55. The van der Waals surface area contributed by atoms with Crippen LogP contribution in [0, 0.1) is 12.8 Å². The van der Waals surface area contributed by atoms with E-state index in [0.717, 1.165) is 40.2 Å². The summed E-state index contributed by atoms with van der Waals surface area (Å²) in [4.78, 5) is 15.2. The Bertz CT molecular complexity index is 909. The molecule has 3 heteroatoms. The van der Waals surface area contributed by atoms with Crippen LogP contribution in [0.5, 0.6) is 5.75 Å². The molecule has 0 atom stereocenters. The number of benzene rings is 2. The molecule has 0 aromatic heterocycles. The van der Waals surface area contributed by atoms with E-state index < -0.39 is 0 Å². The van der Waals surface area contributed by atoms with Crippen molar-refractivity contribution in [1.29, 1.82) is 0 Å². The second-order valence-corrected chi connectivity index (χ2v) is 8.22. The molecular weight excluding hydrogens is 346 g/mol. The van der Waals surface area contributed by atoms with Crippen molar-refractivity contribution >= 4 is 23.2 Å². The molecule has 1 heterocycles. The molecule has 2 aromatic carbocycles. The molecule has 0 N–H and O–H groups in total. The van der Waals surface area contributed by atoms with Crippen molar-refractivity contribution in [3.05, 3.63) is 58.7 Å². The lowest BCUT2D eigenvalue weighted by molar-refractivity contribution is -0.113. The van der Waals surface area contributed by atoms with Gasteiger partial charge in [-0.25, -0.2) is 0 Å². The van der Waals surface area contributed by atoms with Crippen molar-refractivity contribution in [2.45, 2.75) is 47.5 Å². The number of amides is 1. The zero-order valence-corrected chi connectivity index (χ0v) is 17.9. The monoisotopic (exact) mass is 377 g/mol. The highest BCUT2D eigenvalue weighted by Gasteiger charge is 2.32. The summed E-state index contributed by atoms with van der Waals surface area (Å²) in [5.41, 5.74) is 6.19. The molecule has 0 fully saturated rings. The number of carbonyl (C=O) groups excluding carboxylic acids is 1. The normalized spacial score (nSPS) is 15.1. The predicted molar refractivity (Wildman–Crippen MR) is 118 cm³/mol. The van der Waals surface area contributed by atoms with Crippen LogP contribution in [-0.4, -0.2) is 19.1 Å². The van der Waals surface area contributed by atoms with E-state index in [4.69, 9.17) is 4.74 Å². The Morgan fingerprint density at radius 1 is 1.11 bits per heavy atom. The maximum Gasteiger partial charge on any atom is 0.259 e. The first-order chi connectivity index (χ1) is 13.3. The highest BCUT2D eigenvalue weighted by molar-refractivity contribution is 6.35. The smallest absolute Gasteiger partial charge is 0.259 e. The molecule has 0 saturated carbocycles. The second kappa shape index (κ2) is 8.22. The lowest BCUT2D eigenvalue weighted by atomic mass is 9.94. The Morgan fingerprint density at radius 2 is 1.82 bits per heavy atom. The van der Waals surface area contributed by atoms with E-state index >= 15 is 0 Å². The van der Waals surface area contributed by atoms with Crippen LogP contribution in [0.25, 0.3) is 11.6 Å². The number of rotatable bonds is 6. The summed E-state index contributed by atoms with van der Waals surface area (Å²) in [6.45, 7) is 14.1. The Morgan fingerprint density at radius 3 is 2.46 bits per heavy atom. The van der Waals surface area contributed by atoms with Crippen LogP contribution in [0.15, 0.2) is 36.4 Å². The standard InChI is InChI=1S/C25H31NO2/c1-7-28-24-12-18(6)19(13-21(24)17(4)5)14-22-20-10-8-9-11-23(20)26(25(22)27)15-16(2)3/h8-14,16-17H,7,15H2,1-6H3/b22-14-. The molecule has 0 spiro atoms. The van der Waals surface area contributed by atoms with Gasteiger partial charge in [-0.2, -0.15) is 0 Å². The number of fused-ring (bicyclic) bond motifs is 1. The van der Waals surface area contributed by atoms with E-state index in [9.17, 15) is 4.79 Å². The summed E-state index contributed by atoms with van der Waals surface area (Å²) in [5.74, 6) is 1.80. The SMILES string of the molecule is CCOc1cc(C)c(/C=C2\C(=O)N(CC(C)C)c3ccccc32)cc1C(C)C. The Labute approximate surface area is 169 Å². The first-order valence-corrected chi connectivity index (χ1v) is 10.2. The van der Waals surface area contributed by atoms with Crippen LogP contribution in [0.2, 0.25) is 0 Å². The van der Waals surface area contributed by atoms with Gasteiger partial charge in [-0.05, 0) is 66.6 Å². The van der Waals surface area contributed by atoms with Crippen molar-refractivity contribution < 1.29 is 9.53 Å². The minimum Gasteiger partial charge on any atom is -0.494 e. The zero-order valence-electron chi connectivity index (χ0n) is 17.9. The molecule has 148 valence electrons. The van der Waals surface area contributed by atoms with E-state index in [1.54, 1.807) is 0 Å². The molecule has 0 aliphatic carbocycles. The summed E-state index contributed by atoms with van der Waals surface area (Å²) < 4.78 is 5.85. The fourth-order valence-corrected chi connectivity index (χ4v) is 3.75. The number of para-hydroxylation sites is 1. The lowest BCUT2D eigenvalue weighted by Gasteiger charge is -2.19. The van der Waals surface area contributed by atoms with E-state index in [2.05, 4.69) is 52.8 Å². The number of aryl methyl sites for hydroxylation is 1. The van der Waals surface area contributed by atoms with Crippen LogP contribution in [-0.2, 0) is 4.79 Å². The fraction of sp³-hybridized carbons (Fsp3) is 0.400. The second-order valence-electron chi connectivity index (χ2n) is 8.22. The molecule has 1 amide bonds. The molecule has 1 aliphatic heterocycles. The van der Waals surface area contributed by atoms with Crippen molar-refractivity contribution in [3.63, 3.8) is 0 Å². The Kier molecular flexibility index (Phi) is 5.93. The van der Waals surface area contributed by atoms with Gasteiger partial charge in [0.2, 0.25) is 0 Å². The van der Waals surface area contributed by atoms with Gasteiger partial charge < -0.3 is 9.64 Å². The van der Waals surface area contributed by atoms with Gasteiger partial charge >= 0.3 is 0 Å². The van der Waals surface area contributed by atoms with E-state index in [1.165, 1.54) is 5.56 Å². The third-order valence-electron chi connectivity index (χ3n) is 5.13. The van der Waals surface area contributed by atoms with Crippen LogP contribution in [0.1, 0.15) is 62.8 Å². The van der Waals surface area contributed by atoms with E-state index in [0.29, 0.717) is 18.4 Å². The topological polar surface area (TPSA) is 29.5 Å². The Balaban J connectivity index is 2.10. The van der Waals surface area contributed by atoms with Gasteiger partial charge in [0.15, 0.2) is 0 Å². The maximum absolute atomic E-state index is 13.2. The number of carbonyl (C=O) groups is 1. The van der Waals surface area contributed by atoms with Gasteiger partial charge in [0.1, 0.15) is 5.75 Å². The van der Waals surface area contributed by atoms with Crippen molar-refractivity contribution in [2.24, 2.45) is 5.92 Å². The number of ether oxygens (including phenoxy) is 1. The van der Waals surface area contributed by atoms with E-state index in [1.807, 2.05) is 36.1 Å². The number of nitrogens with zero attached hydrogens (tertiary/aromatic N) is 1. The quantitative estimate of drug-likeness (QED) is 0.573.